The largest absolute Gasteiger partial charge is 0.416 e. The summed E-state index contributed by atoms with van der Waals surface area (Å²) in [5.41, 5.74) is -0.811. The number of halogens is 4. The molecule has 0 spiro atoms. The number of anilines is 1. The summed E-state index contributed by atoms with van der Waals surface area (Å²) in [6, 6.07) is 1.72. The minimum Gasteiger partial charge on any atom is -0.370 e. The number of rotatable bonds is 4. The number of nitrogens with one attached hydrogen (secondary N) is 1. The standard InChI is InChI=1S/C10H10ClF3N2/c1-2-3-4-15-9-6-7(10(12,13)14)5-8(11)16-9/h2,5-6H,1,3-4H2,(H,15,16). The number of alkyl halides is 3. The van der Waals surface area contributed by atoms with Gasteiger partial charge in [-0.15, -0.1) is 6.58 Å². The molecule has 1 aromatic heterocycles. The molecule has 0 amide bonds. The summed E-state index contributed by atoms with van der Waals surface area (Å²) in [5.74, 6) is 0.113. The molecular formula is C10H10ClF3N2. The summed E-state index contributed by atoms with van der Waals surface area (Å²) >= 11 is 5.50. The van der Waals surface area contributed by atoms with E-state index >= 15 is 0 Å². The van der Waals surface area contributed by atoms with Crippen LogP contribution in [0.25, 0.3) is 0 Å². The highest BCUT2D eigenvalue weighted by atomic mass is 35.5. The third kappa shape index (κ3) is 3.73. The highest BCUT2D eigenvalue weighted by Crippen LogP contribution is 2.31. The van der Waals surface area contributed by atoms with E-state index < -0.39 is 11.7 Å². The lowest BCUT2D eigenvalue weighted by atomic mass is 10.2. The summed E-state index contributed by atoms with van der Waals surface area (Å²) in [7, 11) is 0. The lowest BCUT2D eigenvalue weighted by Crippen LogP contribution is -2.08. The Bertz CT molecular complexity index is 377. The van der Waals surface area contributed by atoms with Crippen LogP contribution in [0.5, 0.6) is 0 Å². The van der Waals surface area contributed by atoms with E-state index in [9.17, 15) is 13.2 Å². The van der Waals surface area contributed by atoms with Crippen LogP contribution in [-0.2, 0) is 6.18 Å². The van der Waals surface area contributed by atoms with E-state index in [0.717, 1.165) is 12.1 Å². The number of pyridine rings is 1. The molecule has 0 radical (unpaired) electrons. The van der Waals surface area contributed by atoms with E-state index in [0.29, 0.717) is 13.0 Å². The number of nitrogens with zero attached hydrogens (tertiary/aromatic N) is 1. The molecule has 0 bridgehead atoms. The van der Waals surface area contributed by atoms with Gasteiger partial charge in [0.2, 0.25) is 0 Å². The molecule has 1 heterocycles. The van der Waals surface area contributed by atoms with Gasteiger partial charge in [-0.25, -0.2) is 4.98 Å². The molecule has 0 fully saturated rings. The van der Waals surface area contributed by atoms with Crippen molar-refractivity contribution >= 4 is 17.4 Å². The van der Waals surface area contributed by atoms with Crippen molar-refractivity contribution in [2.45, 2.75) is 12.6 Å². The third-order valence-corrected chi connectivity index (χ3v) is 1.97. The lowest BCUT2D eigenvalue weighted by Gasteiger charge is -2.10. The third-order valence-electron chi connectivity index (χ3n) is 1.78. The van der Waals surface area contributed by atoms with Crippen molar-refractivity contribution < 1.29 is 13.2 Å². The normalized spacial score (nSPS) is 11.2. The van der Waals surface area contributed by atoms with E-state index in [1.165, 1.54) is 0 Å². The van der Waals surface area contributed by atoms with Crippen molar-refractivity contribution in [1.82, 2.24) is 4.98 Å². The van der Waals surface area contributed by atoms with Gasteiger partial charge >= 0.3 is 6.18 Å². The first-order valence-electron chi connectivity index (χ1n) is 4.53. The van der Waals surface area contributed by atoms with E-state index in [4.69, 9.17) is 11.6 Å². The van der Waals surface area contributed by atoms with Gasteiger partial charge in [-0.2, -0.15) is 13.2 Å². The zero-order chi connectivity index (χ0) is 12.2. The monoisotopic (exact) mass is 250 g/mol. The van der Waals surface area contributed by atoms with E-state index in [-0.39, 0.29) is 11.0 Å². The molecule has 16 heavy (non-hydrogen) atoms. The Morgan fingerprint density at radius 2 is 2.12 bits per heavy atom. The Morgan fingerprint density at radius 3 is 2.69 bits per heavy atom. The van der Waals surface area contributed by atoms with Gasteiger partial charge in [0, 0.05) is 6.54 Å². The minimum atomic E-state index is -4.42. The first-order valence-corrected chi connectivity index (χ1v) is 4.91. The predicted molar refractivity (Wildman–Crippen MR) is 57.6 cm³/mol. The van der Waals surface area contributed by atoms with E-state index in [2.05, 4.69) is 16.9 Å². The number of aromatic nitrogens is 1. The van der Waals surface area contributed by atoms with Gasteiger partial charge in [-0.1, -0.05) is 17.7 Å². The van der Waals surface area contributed by atoms with Crippen molar-refractivity contribution in [3.05, 3.63) is 35.5 Å². The van der Waals surface area contributed by atoms with Crippen LogP contribution in [0.3, 0.4) is 0 Å². The highest BCUT2D eigenvalue weighted by molar-refractivity contribution is 6.29. The molecule has 0 aromatic carbocycles. The van der Waals surface area contributed by atoms with Crippen molar-refractivity contribution in [3.63, 3.8) is 0 Å². The fourth-order valence-corrected chi connectivity index (χ4v) is 1.26. The SMILES string of the molecule is C=CCCNc1cc(C(F)(F)F)cc(Cl)n1. The van der Waals surface area contributed by atoms with Crippen LogP contribution in [0.2, 0.25) is 5.15 Å². The Morgan fingerprint density at radius 1 is 1.44 bits per heavy atom. The van der Waals surface area contributed by atoms with Crippen LogP contribution >= 0.6 is 11.6 Å². The second kappa shape index (κ2) is 5.21. The molecule has 1 N–H and O–H groups in total. The van der Waals surface area contributed by atoms with Gasteiger partial charge in [0.15, 0.2) is 0 Å². The summed E-state index contributed by atoms with van der Waals surface area (Å²) in [6.45, 7) is 3.97. The van der Waals surface area contributed by atoms with Gasteiger partial charge in [-0.3, -0.25) is 0 Å². The zero-order valence-electron chi connectivity index (χ0n) is 8.31. The maximum Gasteiger partial charge on any atom is 0.416 e. The van der Waals surface area contributed by atoms with Gasteiger partial charge in [0.05, 0.1) is 5.56 Å². The first-order chi connectivity index (χ1) is 7.43. The zero-order valence-corrected chi connectivity index (χ0v) is 9.07. The summed E-state index contributed by atoms with van der Waals surface area (Å²) in [6.07, 6.45) is -2.13. The smallest absolute Gasteiger partial charge is 0.370 e. The van der Waals surface area contributed by atoms with Crippen molar-refractivity contribution in [1.29, 1.82) is 0 Å². The topological polar surface area (TPSA) is 24.9 Å². The summed E-state index contributed by atoms with van der Waals surface area (Å²) in [5, 5.41) is 2.55. The fraction of sp³-hybridized carbons (Fsp3) is 0.300. The molecule has 0 unspecified atom stereocenters. The van der Waals surface area contributed by atoms with E-state index in [1.807, 2.05) is 0 Å². The van der Waals surface area contributed by atoms with Gasteiger partial charge < -0.3 is 5.32 Å². The number of hydrogen-bond acceptors (Lipinski definition) is 2. The van der Waals surface area contributed by atoms with Crippen LogP contribution in [0.15, 0.2) is 24.8 Å². The molecule has 0 aliphatic carbocycles. The second-order valence-electron chi connectivity index (χ2n) is 3.07. The van der Waals surface area contributed by atoms with Crippen molar-refractivity contribution in [2.24, 2.45) is 0 Å². The molecule has 0 saturated carbocycles. The Balaban J connectivity index is 2.86. The molecule has 0 saturated heterocycles. The molecular weight excluding hydrogens is 241 g/mol. The maximum atomic E-state index is 12.4. The molecule has 1 aromatic rings. The molecule has 0 aliphatic rings. The molecule has 6 heteroatoms. The maximum absolute atomic E-state index is 12.4. The van der Waals surface area contributed by atoms with Crippen LogP contribution in [0.1, 0.15) is 12.0 Å². The van der Waals surface area contributed by atoms with Crippen molar-refractivity contribution in [3.8, 4) is 0 Å². The van der Waals surface area contributed by atoms with Gasteiger partial charge in [-0.05, 0) is 18.6 Å². The molecule has 0 aliphatic heterocycles. The molecule has 88 valence electrons. The summed E-state index contributed by atoms with van der Waals surface area (Å²) in [4.78, 5) is 3.74. The quantitative estimate of drug-likeness (QED) is 0.500. The van der Waals surface area contributed by atoms with Crippen LogP contribution in [0, 0.1) is 0 Å². The minimum absolute atomic E-state index is 0.113. The average molecular weight is 251 g/mol. The van der Waals surface area contributed by atoms with Crippen LogP contribution in [0.4, 0.5) is 19.0 Å². The van der Waals surface area contributed by atoms with Crippen molar-refractivity contribution in [2.75, 3.05) is 11.9 Å². The van der Waals surface area contributed by atoms with Crippen LogP contribution in [-0.4, -0.2) is 11.5 Å². The Kier molecular flexibility index (Phi) is 4.18. The second-order valence-corrected chi connectivity index (χ2v) is 3.45. The molecule has 2 nitrogen and oxygen atoms in total. The number of hydrogen-bond donors (Lipinski definition) is 1. The average Bonchev–Trinajstić information content (AvgIpc) is 2.16. The van der Waals surface area contributed by atoms with Gasteiger partial charge in [0.25, 0.3) is 0 Å². The lowest BCUT2D eigenvalue weighted by molar-refractivity contribution is -0.137. The molecule has 0 atom stereocenters. The summed E-state index contributed by atoms with van der Waals surface area (Å²) < 4.78 is 37.2. The Labute approximate surface area is 96.1 Å². The predicted octanol–water partition coefficient (Wildman–Crippen LogP) is 3.74. The van der Waals surface area contributed by atoms with Gasteiger partial charge in [0.1, 0.15) is 11.0 Å². The fourth-order valence-electron chi connectivity index (χ4n) is 1.05. The Hall–Kier alpha value is -1.23. The molecule has 1 rings (SSSR count). The van der Waals surface area contributed by atoms with Crippen LogP contribution < -0.4 is 5.32 Å². The first kappa shape index (κ1) is 12.8. The highest BCUT2D eigenvalue weighted by Gasteiger charge is 2.31. The van der Waals surface area contributed by atoms with E-state index in [1.54, 1.807) is 6.08 Å².